The predicted octanol–water partition coefficient (Wildman–Crippen LogP) is 3.11. The van der Waals surface area contributed by atoms with Gasteiger partial charge in [-0.25, -0.2) is 14.8 Å². The second-order valence-corrected chi connectivity index (χ2v) is 4.65. The molecule has 1 aromatic carbocycles. The smallest absolute Gasteiger partial charge is 0.328 e. The number of hydrogen-bond acceptors (Lipinski definition) is 3. The number of carboxylic acid groups (broad SMARTS) is 1. The topological polar surface area (TPSA) is 63.1 Å². The van der Waals surface area contributed by atoms with Gasteiger partial charge in [-0.2, -0.15) is 0 Å². The molecule has 4 nitrogen and oxygen atoms in total. The van der Waals surface area contributed by atoms with Crippen molar-refractivity contribution in [2.45, 2.75) is 19.8 Å². The quantitative estimate of drug-likeness (QED) is 0.846. The normalized spacial score (nSPS) is 11.3. The Hall–Kier alpha value is -2.49. The Morgan fingerprint density at radius 1 is 1.15 bits per heavy atom. The summed E-state index contributed by atoms with van der Waals surface area (Å²) < 4.78 is 0. The van der Waals surface area contributed by atoms with Crippen molar-refractivity contribution in [2.24, 2.45) is 0 Å². The lowest BCUT2D eigenvalue weighted by molar-refractivity contribution is -0.131. The number of allylic oxidation sites excluding steroid dienone is 1. The number of aromatic nitrogens is 2. The van der Waals surface area contributed by atoms with Crippen LogP contribution in [0.2, 0.25) is 0 Å². The third kappa shape index (κ3) is 4.02. The highest BCUT2D eigenvalue weighted by molar-refractivity contribution is 5.80. The van der Waals surface area contributed by atoms with Gasteiger partial charge in [0.05, 0.1) is 0 Å². The molecule has 0 spiro atoms. The summed E-state index contributed by atoms with van der Waals surface area (Å²) in [6.45, 7) is 1.84. The van der Waals surface area contributed by atoms with Gasteiger partial charge in [0, 0.05) is 24.0 Å². The van der Waals surface area contributed by atoms with E-state index in [9.17, 15) is 4.79 Å². The Morgan fingerprint density at radius 2 is 1.80 bits per heavy atom. The molecule has 0 aliphatic heterocycles. The zero-order valence-electron chi connectivity index (χ0n) is 11.3. The molecule has 4 heteroatoms. The summed E-state index contributed by atoms with van der Waals surface area (Å²) in [5.41, 5.74) is 4.12. The highest BCUT2D eigenvalue weighted by Crippen LogP contribution is 2.18. The monoisotopic (exact) mass is 268 g/mol. The van der Waals surface area contributed by atoms with E-state index >= 15 is 0 Å². The Morgan fingerprint density at radius 3 is 2.40 bits per heavy atom. The number of hydrogen-bond donors (Lipinski definition) is 1. The van der Waals surface area contributed by atoms with Gasteiger partial charge in [-0.05, 0) is 30.9 Å². The number of aliphatic carboxylic acids is 1. The van der Waals surface area contributed by atoms with Crippen molar-refractivity contribution in [3.05, 3.63) is 60.2 Å². The first-order chi connectivity index (χ1) is 9.65. The van der Waals surface area contributed by atoms with Crippen LogP contribution in [0.3, 0.4) is 0 Å². The molecule has 1 aromatic heterocycles. The van der Waals surface area contributed by atoms with E-state index in [4.69, 9.17) is 5.11 Å². The van der Waals surface area contributed by atoms with Gasteiger partial charge in [-0.15, -0.1) is 0 Å². The van der Waals surface area contributed by atoms with Crippen LogP contribution in [0.5, 0.6) is 0 Å². The van der Waals surface area contributed by atoms with Crippen LogP contribution in [0.1, 0.15) is 18.9 Å². The van der Waals surface area contributed by atoms with Crippen LogP contribution < -0.4 is 0 Å². The first kappa shape index (κ1) is 13.9. The van der Waals surface area contributed by atoms with E-state index in [-0.39, 0.29) is 0 Å². The highest BCUT2D eigenvalue weighted by Gasteiger charge is 2.00. The zero-order chi connectivity index (χ0) is 14.4. The van der Waals surface area contributed by atoms with Crippen molar-refractivity contribution in [1.29, 1.82) is 0 Å². The second kappa shape index (κ2) is 6.61. The molecule has 0 saturated carbocycles. The third-order valence-electron chi connectivity index (χ3n) is 3.03. The van der Waals surface area contributed by atoms with E-state index < -0.39 is 5.97 Å². The van der Waals surface area contributed by atoms with Gasteiger partial charge in [-0.3, -0.25) is 0 Å². The Labute approximate surface area is 117 Å². The molecular formula is C16H16N2O2. The summed E-state index contributed by atoms with van der Waals surface area (Å²) in [5, 5.41) is 8.66. The van der Waals surface area contributed by atoms with E-state index in [0.29, 0.717) is 0 Å². The molecule has 0 radical (unpaired) electrons. The summed E-state index contributed by atoms with van der Waals surface area (Å²) in [4.78, 5) is 18.5. The summed E-state index contributed by atoms with van der Waals surface area (Å²) in [6, 6.07) is 8.17. The molecule has 0 aliphatic carbocycles. The van der Waals surface area contributed by atoms with Gasteiger partial charge in [0.15, 0.2) is 0 Å². The Bertz CT molecular complexity index is 604. The van der Waals surface area contributed by atoms with Crippen LogP contribution >= 0.6 is 0 Å². The lowest BCUT2D eigenvalue weighted by atomic mass is 10.0. The molecular weight excluding hydrogens is 252 g/mol. The van der Waals surface area contributed by atoms with Gasteiger partial charge < -0.3 is 5.11 Å². The molecule has 0 fully saturated rings. The van der Waals surface area contributed by atoms with E-state index in [1.54, 1.807) is 12.4 Å². The van der Waals surface area contributed by atoms with Crippen LogP contribution in [0.25, 0.3) is 11.1 Å². The van der Waals surface area contributed by atoms with Crippen LogP contribution in [0, 0.1) is 0 Å². The van der Waals surface area contributed by atoms with Crippen molar-refractivity contribution in [3.8, 4) is 11.1 Å². The molecule has 0 bridgehead atoms. The summed E-state index contributed by atoms with van der Waals surface area (Å²) >= 11 is 0. The van der Waals surface area contributed by atoms with Crippen molar-refractivity contribution < 1.29 is 9.90 Å². The maximum atomic E-state index is 10.5. The summed E-state index contributed by atoms with van der Waals surface area (Å²) in [5.74, 6) is -0.887. The molecule has 20 heavy (non-hydrogen) atoms. The van der Waals surface area contributed by atoms with Crippen LogP contribution in [-0.4, -0.2) is 21.0 Å². The minimum absolute atomic E-state index is 0.750. The Balaban J connectivity index is 2.01. The first-order valence-corrected chi connectivity index (χ1v) is 6.39. The van der Waals surface area contributed by atoms with Crippen LogP contribution in [-0.2, 0) is 11.2 Å². The fourth-order valence-corrected chi connectivity index (χ4v) is 1.94. The third-order valence-corrected chi connectivity index (χ3v) is 3.03. The number of carboxylic acids is 1. The van der Waals surface area contributed by atoms with E-state index in [0.717, 1.165) is 29.5 Å². The molecule has 0 saturated heterocycles. The average Bonchev–Trinajstić information content (AvgIpc) is 2.46. The molecule has 2 rings (SSSR count). The molecule has 102 valence electrons. The van der Waals surface area contributed by atoms with E-state index in [2.05, 4.69) is 22.1 Å². The molecule has 0 amide bonds. The number of rotatable bonds is 5. The van der Waals surface area contributed by atoms with Crippen molar-refractivity contribution >= 4 is 5.97 Å². The number of nitrogens with zero attached hydrogens (tertiary/aromatic N) is 2. The zero-order valence-corrected chi connectivity index (χ0v) is 11.3. The molecule has 1 N–H and O–H groups in total. The van der Waals surface area contributed by atoms with Crippen LogP contribution in [0.4, 0.5) is 0 Å². The molecule has 0 aliphatic rings. The number of carbonyl (C=O) groups is 1. The Kier molecular flexibility index (Phi) is 4.60. The molecule has 0 unspecified atom stereocenters. The number of benzene rings is 1. The lowest BCUT2D eigenvalue weighted by Gasteiger charge is -2.04. The second-order valence-electron chi connectivity index (χ2n) is 4.65. The van der Waals surface area contributed by atoms with E-state index in [1.807, 2.05) is 19.1 Å². The molecule has 0 atom stereocenters. The van der Waals surface area contributed by atoms with Gasteiger partial charge in [-0.1, -0.05) is 29.8 Å². The minimum Gasteiger partial charge on any atom is -0.478 e. The van der Waals surface area contributed by atoms with Crippen LogP contribution in [0.15, 0.2) is 54.6 Å². The van der Waals surface area contributed by atoms with Crippen molar-refractivity contribution in [1.82, 2.24) is 9.97 Å². The van der Waals surface area contributed by atoms with Gasteiger partial charge >= 0.3 is 5.97 Å². The van der Waals surface area contributed by atoms with Crippen molar-refractivity contribution in [2.75, 3.05) is 0 Å². The van der Waals surface area contributed by atoms with Gasteiger partial charge in [0.2, 0.25) is 0 Å². The largest absolute Gasteiger partial charge is 0.478 e. The highest BCUT2D eigenvalue weighted by atomic mass is 16.4. The summed E-state index contributed by atoms with van der Waals surface area (Å²) in [7, 11) is 0. The fraction of sp³-hybridized carbons (Fsp3) is 0.188. The van der Waals surface area contributed by atoms with Gasteiger partial charge in [0.1, 0.15) is 6.33 Å². The van der Waals surface area contributed by atoms with Gasteiger partial charge in [0.25, 0.3) is 0 Å². The van der Waals surface area contributed by atoms with E-state index in [1.165, 1.54) is 18.0 Å². The minimum atomic E-state index is -0.887. The van der Waals surface area contributed by atoms with Crippen molar-refractivity contribution in [3.63, 3.8) is 0 Å². The fourth-order valence-electron chi connectivity index (χ4n) is 1.94. The standard InChI is InChI=1S/C16H16N2O2/c1-12(8-16(19)20)2-3-13-4-6-14(7-5-13)15-9-17-11-18-10-15/h4-11H,2-3H2,1H3,(H,19,20)/b12-8+. The average molecular weight is 268 g/mol. The number of aryl methyl sites for hydroxylation is 1. The summed E-state index contributed by atoms with van der Waals surface area (Å²) in [6.07, 6.45) is 7.91. The lowest BCUT2D eigenvalue weighted by Crippen LogP contribution is -1.92. The molecule has 1 heterocycles. The maximum Gasteiger partial charge on any atom is 0.328 e. The molecule has 2 aromatic rings. The SMILES string of the molecule is C/C(=C\C(=O)O)CCc1ccc(-c2cncnc2)cc1. The predicted molar refractivity (Wildman–Crippen MR) is 77.2 cm³/mol. The first-order valence-electron chi connectivity index (χ1n) is 6.39. The maximum absolute atomic E-state index is 10.5.